The van der Waals surface area contributed by atoms with Gasteiger partial charge in [0.2, 0.25) is 0 Å². The quantitative estimate of drug-likeness (QED) is 0.714. The average Bonchev–Trinajstić information content (AvgIpc) is 2.17. The van der Waals surface area contributed by atoms with Crippen molar-refractivity contribution in [2.45, 2.75) is 45.2 Å². The molecule has 1 aliphatic heterocycles. The summed E-state index contributed by atoms with van der Waals surface area (Å²) >= 11 is 0. The van der Waals surface area contributed by atoms with Crippen LogP contribution < -0.4 is 5.32 Å². The molecule has 0 bridgehead atoms. The number of carboxylic acids is 1. The van der Waals surface area contributed by atoms with Crippen LogP contribution in [0.4, 0.5) is 0 Å². The van der Waals surface area contributed by atoms with Gasteiger partial charge in [0.25, 0.3) is 0 Å². The maximum Gasteiger partial charge on any atom is 0.317 e. The second-order valence-corrected chi connectivity index (χ2v) is 4.56. The van der Waals surface area contributed by atoms with E-state index in [-0.39, 0.29) is 6.54 Å². The van der Waals surface area contributed by atoms with Crippen molar-refractivity contribution in [2.75, 3.05) is 19.6 Å². The molecule has 0 aromatic rings. The number of hydrogen-bond donors (Lipinski definition) is 2. The fraction of sp³-hybridized carbons (Fsp3) is 0.909. The molecule has 2 N–H and O–H groups in total. The first-order chi connectivity index (χ1) is 7.09. The summed E-state index contributed by atoms with van der Waals surface area (Å²) in [7, 11) is 0. The second-order valence-electron chi connectivity index (χ2n) is 4.56. The largest absolute Gasteiger partial charge is 0.480 e. The molecule has 1 heterocycles. The van der Waals surface area contributed by atoms with E-state index in [0.29, 0.717) is 12.1 Å². The third-order valence-electron chi connectivity index (χ3n) is 2.94. The number of carbonyl (C=O) groups is 1. The minimum absolute atomic E-state index is 0.149. The molecule has 4 nitrogen and oxygen atoms in total. The molecule has 0 aromatic carbocycles. The average molecular weight is 214 g/mol. The van der Waals surface area contributed by atoms with Crippen LogP contribution in [0.1, 0.15) is 33.1 Å². The fourth-order valence-corrected chi connectivity index (χ4v) is 1.99. The molecule has 1 atom stereocenters. The second kappa shape index (κ2) is 6.08. The number of carboxylic acid groups (broad SMARTS) is 1. The molecular formula is C11H22N2O2. The summed E-state index contributed by atoms with van der Waals surface area (Å²) in [5, 5.41) is 12.2. The Labute approximate surface area is 91.6 Å². The highest BCUT2D eigenvalue weighted by Crippen LogP contribution is 2.10. The summed E-state index contributed by atoms with van der Waals surface area (Å²) in [4.78, 5) is 12.7. The minimum atomic E-state index is -0.737. The molecule has 1 rings (SSSR count). The van der Waals surface area contributed by atoms with Crippen LogP contribution in [0, 0.1) is 0 Å². The highest BCUT2D eigenvalue weighted by Gasteiger charge is 2.19. The van der Waals surface area contributed by atoms with Crippen molar-refractivity contribution in [1.29, 1.82) is 0 Å². The number of piperidine rings is 1. The maximum absolute atomic E-state index is 10.7. The maximum atomic E-state index is 10.7. The first-order valence-corrected chi connectivity index (χ1v) is 5.79. The van der Waals surface area contributed by atoms with Crippen molar-refractivity contribution in [2.24, 2.45) is 0 Å². The van der Waals surface area contributed by atoms with Crippen molar-refractivity contribution in [3.63, 3.8) is 0 Å². The summed E-state index contributed by atoms with van der Waals surface area (Å²) in [6.07, 6.45) is 3.68. The van der Waals surface area contributed by atoms with Crippen molar-refractivity contribution < 1.29 is 9.90 Å². The molecule has 15 heavy (non-hydrogen) atoms. The van der Waals surface area contributed by atoms with Crippen LogP contribution >= 0.6 is 0 Å². The molecule has 0 saturated carbocycles. The number of hydrogen-bond acceptors (Lipinski definition) is 3. The third kappa shape index (κ3) is 4.62. The minimum Gasteiger partial charge on any atom is -0.480 e. The Bertz CT molecular complexity index is 201. The lowest BCUT2D eigenvalue weighted by molar-refractivity contribution is -0.138. The Morgan fingerprint density at radius 2 is 2.27 bits per heavy atom. The van der Waals surface area contributed by atoms with Gasteiger partial charge >= 0.3 is 5.97 Å². The van der Waals surface area contributed by atoms with Gasteiger partial charge in [-0.05, 0) is 33.2 Å². The van der Waals surface area contributed by atoms with Crippen molar-refractivity contribution in [3.05, 3.63) is 0 Å². The summed E-state index contributed by atoms with van der Waals surface area (Å²) in [5.41, 5.74) is 0. The van der Waals surface area contributed by atoms with Gasteiger partial charge in [0.05, 0.1) is 6.54 Å². The summed E-state index contributed by atoms with van der Waals surface area (Å²) in [6, 6.07) is 0.769. The topological polar surface area (TPSA) is 52.6 Å². The van der Waals surface area contributed by atoms with Crippen LogP contribution in [0.3, 0.4) is 0 Å². The Morgan fingerprint density at radius 1 is 1.53 bits per heavy atom. The molecule has 1 fully saturated rings. The van der Waals surface area contributed by atoms with Crippen LogP contribution in [0.2, 0.25) is 0 Å². The standard InChI is InChI=1S/C11H22N2O2/c1-9(2)13(8-11(14)15)7-10-5-3-4-6-12-10/h9-10,12H,3-8H2,1-2H3,(H,14,15). The summed E-state index contributed by atoms with van der Waals surface area (Å²) in [5.74, 6) is -0.737. The van der Waals surface area contributed by atoms with E-state index in [1.165, 1.54) is 19.3 Å². The van der Waals surface area contributed by atoms with Gasteiger partial charge in [-0.1, -0.05) is 6.42 Å². The number of nitrogens with one attached hydrogen (secondary N) is 1. The van der Waals surface area contributed by atoms with Crippen molar-refractivity contribution in [1.82, 2.24) is 10.2 Å². The molecule has 0 aromatic heterocycles. The van der Waals surface area contributed by atoms with Gasteiger partial charge in [0.1, 0.15) is 0 Å². The van der Waals surface area contributed by atoms with Gasteiger partial charge in [-0.3, -0.25) is 9.69 Å². The van der Waals surface area contributed by atoms with Gasteiger partial charge in [0.15, 0.2) is 0 Å². The molecule has 1 saturated heterocycles. The molecule has 1 aliphatic rings. The molecule has 0 amide bonds. The first kappa shape index (κ1) is 12.5. The van der Waals surface area contributed by atoms with Gasteiger partial charge in [-0.15, -0.1) is 0 Å². The molecular weight excluding hydrogens is 192 g/mol. The van der Waals surface area contributed by atoms with E-state index < -0.39 is 5.97 Å². The Kier molecular flexibility index (Phi) is 5.05. The third-order valence-corrected chi connectivity index (χ3v) is 2.94. The Balaban J connectivity index is 2.38. The lowest BCUT2D eigenvalue weighted by Crippen LogP contribution is -2.47. The van der Waals surface area contributed by atoms with E-state index in [9.17, 15) is 4.79 Å². The molecule has 0 spiro atoms. The van der Waals surface area contributed by atoms with Crippen molar-refractivity contribution in [3.8, 4) is 0 Å². The first-order valence-electron chi connectivity index (χ1n) is 5.79. The van der Waals surface area contributed by atoms with Gasteiger partial charge < -0.3 is 10.4 Å². The van der Waals surface area contributed by atoms with Crippen LogP contribution in [-0.2, 0) is 4.79 Å². The lowest BCUT2D eigenvalue weighted by Gasteiger charge is -2.31. The highest BCUT2D eigenvalue weighted by atomic mass is 16.4. The van der Waals surface area contributed by atoms with E-state index in [0.717, 1.165) is 13.1 Å². The summed E-state index contributed by atoms with van der Waals surface area (Å²) < 4.78 is 0. The van der Waals surface area contributed by atoms with E-state index in [4.69, 9.17) is 5.11 Å². The van der Waals surface area contributed by atoms with E-state index >= 15 is 0 Å². The zero-order valence-electron chi connectivity index (χ0n) is 9.70. The number of nitrogens with zero attached hydrogens (tertiary/aromatic N) is 1. The van der Waals surface area contributed by atoms with Gasteiger partial charge in [-0.25, -0.2) is 0 Å². The molecule has 88 valence electrons. The summed E-state index contributed by atoms with van der Waals surface area (Å²) in [6.45, 7) is 6.17. The fourth-order valence-electron chi connectivity index (χ4n) is 1.99. The van der Waals surface area contributed by atoms with Crippen molar-refractivity contribution >= 4 is 5.97 Å². The van der Waals surface area contributed by atoms with Gasteiger partial charge in [-0.2, -0.15) is 0 Å². The number of aliphatic carboxylic acids is 1. The highest BCUT2D eigenvalue weighted by molar-refractivity contribution is 5.69. The molecule has 4 heteroatoms. The Hall–Kier alpha value is -0.610. The normalized spacial score (nSPS) is 22.3. The predicted octanol–water partition coefficient (Wildman–Crippen LogP) is 0.923. The number of rotatable bonds is 5. The Morgan fingerprint density at radius 3 is 2.73 bits per heavy atom. The molecule has 0 radical (unpaired) electrons. The van der Waals surface area contributed by atoms with Crippen LogP contribution in [0.25, 0.3) is 0 Å². The zero-order chi connectivity index (χ0) is 11.3. The van der Waals surface area contributed by atoms with E-state index in [1.807, 2.05) is 18.7 Å². The SMILES string of the molecule is CC(C)N(CC(=O)O)CC1CCCCN1. The van der Waals surface area contributed by atoms with Crippen LogP contribution in [0.15, 0.2) is 0 Å². The van der Waals surface area contributed by atoms with Gasteiger partial charge in [0, 0.05) is 18.6 Å². The van der Waals surface area contributed by atoms with E-state index in [1.54, 1.807) is 0 Å². The predicted molar refractivity (Wildman–Crippen MR) is 60.0 cm³/mol. The zero-order valence-corrected chi connectivity index (χ0v) is 9.70. The molecule has 0 aliphatic carbocycles. The smallest absolute Gasteiger partial charge is 0.317 e. The van der Waals surface area contributed by atoms with E-state index in [2.05, 4.69) is 5.32 Å². The monoisotopic (exact) mass is 214 g/mol. The lowest BCUT2D eigenvalue weighted by atomic mass is 10.0. The molecule has 1 unspecified atom stereocenters. The van der Waals surface area contributed by atoms with Crippen LogP contribution in [0.5, 0.6) is 0 Å². The van der Waals surface area contributed by atoms with Crippen LogP contribution in [-0.4, -0.2) is 47.7 Å².